The normalized spacial score (nSPS) is 11.0. The highest BCUT2D eigenvalue weighted by Crippen LogP contribution is 2.19. The average molecular weight is 248 g/mol. The summed E-state index contributed by atoms with van der Waals surface area (Å²) in [5.41, 5.74) is 8.42. The van der Waals surface area contributed by atoms with E-state index >= 15 is 0 Å². The lowest BCUT2D eigenvalue weighted by Gasteiger charge is -2.19. The summed E-state index contributed by atoms with van der Waals surface area (Å²) < 4.78 is 5.38. The van der Waals surface area contributed by atoms with Crippen molar-refractivity contribution in [3.63, 3.8) is 0 Å². The highest BCUT2D eigenvalue weighted by Gasteiger charge is 2.09. The van der Waals surface area contributed by atoms with E-state index < -0.39 is 0 Å². The molecule has 0 unspecified atom stereocenters. The molecule has 0 saturated heterocycles. The Balaban J connectivity index is 2.17. The molecule has 2 rings (SSSR count). The van der Waals surface area contributed by atoms with Crippen LogP contribution in [0.4, 0.5) is 11.6 Å². The lowest BCUT2D eigenvalue weighted by molar-refractivity contribution is 0.154. The van der Waals surface area contributed by atoms with Crippen LogP contribution >= 0.6 is 0 Å². The summed E-state index contributed by atoms with van der Waals surface area (Å²) in [5, 5.41) is 0. The van der Waals surface area contributed by atoms with Crippen molar-refractivity contribution >= 4 is 22.7 Å². The SMILES string of the molecule is CCOCCN(CC)c1nc2ccc(N)cc2[nH]1. The van der Waals surface area contributed by atoms with Crippen LogP contribution in [0.15, 0.2) is 18.2 Å². The Labute approximate surface area is 107 Å². The molecule has 18 heavy (non-hydrogen) atoms. The smallest absolute Gasteiger partial charge is 0.203 e. The van der Waals surface area contributed by atoms with Crippen molar-refractivity contribution in [2.45, 2.75) is 13.8 Å². The first-order chi connectivity index (χ1) is 8.74. The fourth-order valence-corrected chi connectivity index (χ4v) is 1.90. The Morgan fingerprint density at radius 1 is 1.39 bits per heavy atom. The Bertz CT molecular complexity index is 509. The molecule has 0 bridgehead atoms. The first-order valence-electron chi connectivity index (χ1n) is 6.32. The Kier molecular flexibility index (Phi) is 4.04. The second-order valence-corrected chi connectivity index (χ2v) is 4.11. The molecule has 98 valence electrons. The zero-order valence-electron chi connectivity index (χ0n) is 10.9. The van der Waals surface area contributed by atoms with E-state index in [0.717, 1.165) is 42.4 Å². The first kappa shape index (κ1) is 12.7. The number of rotatable bonds is 6. The van der Waals surface area contributed by atoms with E-state index in [1.54, 1.807) is 0 Å². The maximum absolute atomic E-state index is 5.76. The van der Waals surface area contributed by atoms with E-state index in [2.05, 4.69) is 21.8 Å². The van der Waals surface area contributed by atoms with Gasteiger partial charge in [0.15, 0.2) is 0 Å². The molecule has 5 heteroatoms. The van der Waals surface area contributed by atoms with Crippen molar-refractivity contribution in [3.8, 4) is 0 Å². The molecule has 0 saturated carbocycles. The monoisotopic (exact) mass is 248 g/mol. The van der Waals surface area contributed by atoms with Crippen LogP contribution in [0.25, 0.3) is 11.0 Å². The minimum absolute atomic E-state index is 0.712. The number of nitrogen functional groups attached to an aromatic ring is 1. The molecule has 0 aliphatic rings. The zero-order valence-corrected chi connectivity index (χ0v) is 10.9. The van der Waals surface area contributed by atoms with E-state index in [4.69, 9.17) is 10.5 Å². The molecule has 0 aliphatic heterocycles. The van der Waals surface area contributed by atoms with Crippen LogP contribution in [0.5, 0.6) is 0 Å². The predicted octanol–water partition coefficient (Wildman–Crippen LogP) is 2.01. The lowest BCUT2D eigenvalue weighted by atomic mass is 10.3. The Hall–Kier alpha value is -1.75. The molecular formula is C13H20N4O. The number of hydrogen-bond donors (Lipinski definition) is 2. The van der Waals surface area contributed by atoms with Gasteiger partial charge in [-0.15, -0.1) is 0 Å². The van der Waals surface area contributed by atoms with Crippen LogP contribution < -0.4 is 10.6 Å². The maximum Gasteiger partial charge on any atom is 0.203 e. The van der Waals surface area contributed by atoms with Crippen LogP contribution in [0.2, 0.25) is 0 Å². The number of aromatic amines is 1. The van der Waals surface area contributed by atoms with Crippen LogP contribution in [0, 0.1) is 0 Å². The molecule has 0 radical (unpaired) electrons. The summed E-state index contributed by atoms with van der Waals surface area (Å²) in [6.07, 6.45) is 0. The summed E-state index contributed by atoms with van der Waals surface area (Å²) in [7, 11) is 0. The number of hydrogen-bond acceptors (Lipinski definition) is 4. The third-order valence-electron chi connectivity index (χ3n) is 2.88. The fourth-order valence-electron chi connectivity index (χ4n) is 1.90. The van der Waals surface area contributed by atoms with Gasteiger partial charge in [0.25, 0.3) is 0 Å². The number of anilines is 2. The zero-order chi connectivity index (χ0) is 13.0. The van der Waals surface area contributed by atoms with Crippen LogP contribution in [-0.2, 0) is 4.74 Å². The van der Waals surface area contributed by atoms with Gasteiger partial charge in [0.05, 0.1) is 17.6 Å². The molecule has 1 aromatic carbocycles. The second-order valence-electron chi connectivity index (χ2n) is 4.11. The van der Waals surface area contributed by atoms with Crippen molar-refractivity contribution in [1.29, 1.82) is 0 Å². The van der Waals surface area contributed by atoms with Crippen molar-refractivity contribution in [2.24, 2.45) is 0 Å². The summed E-state index contributed by atoms with van der Waals surface area (Å²) >= 11 is 0. The minimum Gasteiger partial charge on any atom is -0.399 e. The van der Waals surface area contributed by atoms with Gasteiger partial charge in [0.1, 0.15) is 0 Å². The van der Waals surface area contributed by atoms with Crippen LogP contribution in [0.3, 0.4) is 0 Å². The van der Waals surface area contributed by atoms with Gasteiger partial charge >= 0.3 is 0 Å². The molecule has 2 aromatic rings. The summed E-state index contributed by atoms with van der Waals surface area (Å²) in [4.78, 5) is 10.0. The fraction of sp³-hybridized carbons (Fsp3) is 0.462. The Morgan fingerprint density at radius 3 is 2.94 bits per heavy atom. The topological polar surface area (TPSA) is 67.2 Å². The van der Waals surface area contributed by atoms with Crippen molar-refractivity contribution < 1.29 is 4.74 Å². The molecule has 0 amide bonds. The third-order valence-corrected chi connectivity index (χ3v) is 2.88. The van der Waals surface area contributed by atoms with Gasteiger partial charge in [0.2, 0.25) is 5.95 Å². The number of nitrogens with two attached hydrogens (primary N) is 1. The predicted molar refractivity (Wildman–Crippen MR) is 74.9 cm³/mol. The number of aromatic nitrogens is 2. The van der Waals surface area contributed by atoms with E-state index in [-0.39, 0.29) is 0 Å². The molecular weight excluding hydrogens is 228 g/mol. The quantitative estimate of drug-likeness (QED) is 0.606. The first-order valence-corrected chi connectivity index (χ1v) is 6.32. The van der Waals surface area contributed by atoms with Gasteiger partial charge in [-0.1, -0.05) is 0 Å². The van der Waals surface area contributed by atoms with E-state index in [1.165, 1.54) is 0 Å². The molecule has 1 aromatic heterocycles. The van der Waals surface area contributed by atoms with E-state index in [9.17, 15) is 0 Å². The number of likely N-dealkylation sites (N-methyl/N-ethyl adjacent to an activating group) is 1. The van der Waals surface area contributed by atoms with Gasteiger partial charge in [-0.25, -0.2) is 4.98 Å². The summed E-state index contributed by atoms with van der Waals surface area (Å²) in [6.45, 7) is 7.29. The van der Waals surface area contributed by atoms with E-state index in [1.807, 2.05) is 25.1 Å². The third kappa shape index (κ3) is 2.73. The van der Waals surface area contributed by atoms with Crippen molar-refractivity contribution in [3.05, 3.63) is 18.2 Å². The number of benzene rings is 1. The molecule has 0 atom stereocenters. The standard InChI is InChI=1S/C13H20N4O/c1-3-17(7-8-18-4-2)13-15-11-6-5-10(14)9-12(11)16-13/h5-6,9H,3-4,7-8,14H2,1-2H3,(H,15,16). The van der Waals surface area contributed by atoms with Gasteiger partial charge < -0.3 is 20.4 Å². The number of fused-ring (bicyclic) bond motifs is 1. The number of nitrogens with zero attached hydrogens (tertiary/aromatic N) is 2. The average Bonchev–Trinajstić information content (AvgIpc) is 2.77. The molecule has 5 nitrogen and oxygen atoms in total. The number of imidazole rings is 1. The molecule has 0 aliphatic carbocycles. The second kappa shape index (κ2) is 5.73. The van der Waals surface area contributed by atoms with Gasteiger partial charge in [-0.2, -0.15) is 0 Å². The summed E-state index contributed by atoms with van der Waals surface area (Å²) in [6, 6.07) is 5.70. The highest BCUT2D eigenvalue weighted by atomic mass is 16.5. The van der Waals surface area contributed by atoms with Crippen LogP contribution in [-0.4, -0.2) is 36.3 Å². The molecule has 1 heterocycles. The number of nitrogens with one attached hydrogen (secondary N) is 1. The highest BCUT2D eigenvalue weighted by molar-refractivity contribution is 5.80. The largest absolute Gasteiger partial charge is 0.399 e. The molecule has 0 spiro atoms. The van der Waals surface area contributed by atoms with Crippen LogP contribution in [0.1, 0.15) is 13.8 Å². The van der Waals surface area contributed by atoms with Gasteiger partial charge in [0, 0.05) is 25.4 Å². The lowest BCUT2D eigenvalue weighted by Crippen LogP contribution is -2.28. The van der Waals surface area contributed by atoms with Gasteiger partial charge in [-0.05, 0) is 32.0 Å². The molecule has 0 fully saturated rings. The maximum atomic E-state index is 5.76. The van der Waals surface area contributed by atoms with E-state index in [0.29, 0.717) is 6.61 Å². The Morgan fingerprint density at radius 2 is 2.22 bits per heavy atom. The number of H-pyrrole nitrogens is 1. The minimum atomic E-state index is 0.712. The van der Waals surface area contributed by atoms with Crippen molar-refractivity contribution in [2.75, 3.05) is 36.9 Å². The summed E-state index contributed by atoms with van der Waals surface area (Å²) in [5.74, 6) is 0.873. The number of ether oxygens (including phenoxy) is 1. The van der Waals surface area contributed by atoms with Gasteiger partial charge in [-0.3, -0.25) is 0 Å². The molecule has 3 N–H and O–H groups in total. The van der Waals surface area contributed by atoms with Crippen molar-refractivity contribution in [1.82, 2.24) is 9.97 Å².